The minimum absolute atomic E-state index is 0.191. The van der Waals surface area contributed by atoms with Gasteiger partial charge in [-0.3, -0.25) is 0 Å². The van der Waals surface area contributed by atoms with Crippen LogP contribution in [0, 0.1) is 421 Å². The summed E-state index contributed by atoms with van der Waals surface area (Å²) in [5.74, 6) is 172. The third-order valence-corrected chi connectivity index (χ3v) is 7.35. The van der Waals surface area contributed by atoms with Crippen LogP contribution in [-0.2, 0) is 6.54 Å². The van der Waals surface area contributed by atoms with Crippen molar-refractivity contribution in [2.75, 3.05) is 0 Å². The zero-order valence-corrected chi connectivity index (χ0v) is 45.7. The number of terminal acetylenes is 1. The fourth-order valence-corrected chi connectivity index (χ4v) is 4.23. The van der Waals surface area contributed by atoms with Crippen molar-refractivity contribution in [2.24, 2.45) is 5.73 Å². The quantitative estimate of drug-likeness (QED) is 0.387. The maximum Gasteiger partial charge on any atom is 0.127 e. The highest BCUT2D eigenvalue weighted by Crippen LogP contribution is 2.27. The lowest BCUT2D eigenvalue weighted by Crippen LogP contribution is -1.99. The smallest absolute Gasteiger partial charge is 0.127 e. The molecule has 4 heteroatoms. The summed E-state index contributed by atoms with van der Waals surface area (Å²) in [6.45, 7) is 1.87. The van der Waals surface area contributed by atoms with Gasteiger partial charge in [-0.05, 0) is 125 Å². The van der Waals surface area contributed by atoms with E-state index < -0.39 is 0 Å². The fourth-order valence-electron chi connectivity index (χ4n) is 4.23. The Hall–Kier alpha value is -17.6. The molecular formula is C85H16FN3. The Morgan fingerprint density at radius 2 is 0.573 bits per heavy atom. The predicted molar refractivity (Wildman–Crippen MR) is 348 cm³/mol. The van der Waals surface area contributed by atoms with E-state index in [9.17, 15) is 4.39 Å². The maximum absolute atomic E-state index is 13.4. The Kier molecular flexibility index (Phi) is 40.8. The lowest BCUT2D eigenvalue weighted by atomic mass is 10.0. The molecule has 3 rings (SSSR count). The third kappa shape index (κ3) is 41.2. The number of aromatic amines is 1. The van der Waals surface area contributed by atoms with Crippen molar-refractivity contribution in [3.05, 3.63) is 54.1 Å². The molecule has 0 bridgehead atoms. The molecule has 0 amide bonds. The summed E-state index contributed by atoms with van der Waals surface area (Å²) in [7, 11) is 0. The second-order valence-electron chi connectivity index (χ2n) is 12.9. The van der Waals surface area contributed by atoms with Gasteiger partial charge >= 0.3 is 0 Å². The van der Waals surface area contributed by atoms with Gasteiger partial charge in [0.1, 0.15) is 5.82 Å². The number of halogens is 1. The first-order chi connectivity index (χ1) is 44.2. The molecule has 3 aromatic rings. The first kappa shape index (κ1) is 67.5. The van der Waals surface area contributed by atoms with Crippen molar-refractivity contribution >= 4 is 11.0 Å². The molecule has 0 aliphatic carbocycles. The zero-order valence-electron chi connectivity index (χ0n) is 45.7. The Morgan fingerprint density at radius 3 is 0.798 bits per heavy atom. The topological polar surface area (TPSA) is 54.7 Å². The van der Waals surface area contributed by atoms with Gasteiger partial charge in [0.15, 0.2) is 0 Å². The molecule has 1 heterocycles. The number of benzene rings is 2. The van der Waals surface area contributed by atoms with Crippen LogP contribution in [0.4, 0.5) is 4.39 Å². The number of nitrogens with two attached hydrogens (primary N) is 1. The first-order valence-electron chi connectivity index (χ1n) is 23.5. The number of para-hydroxylation sites is 1. The average molecular weight is 1100 g/mol. The van der Waals surface area contributed by atoms with Gasteiger partial charge in [0.05, 0.1) is 17.4 Å². The van der Waals surface area contributed by atoms with Crippen LogP contribution in [0.25, 0.3) is 22.2 Å². The fraction of sp³-hybridized carbons (Fsp3) is 0.0235. The zero-order chi connectivity index (χ0) is 63.3. The highest BCUT2D eigenvalue weighted by molar-refractivity contribution is 5.91. The summed E-state index contributed by atoms with van der Waals surface area (Å²) in [4.78, 5) is 7.35. The van der Waals surface area contributed by atoms with Gasteiger partial charge in [0.2, 0.25) is 0 Å². The lowest BCUT2D eigenvalue weighted by molar-refractivity contribution is 0.611. The molecule has 0 saturated heterocycles. The molecule has 0 unspecified atom stereocenters. The first-order valence-corrected chi connectivity index (χ1v) is 23.5. The predicted octanol–water partition coefficient (Wildman–Crippen LogP) is 3.58. The van der Waals surface area contributed by atoms with Crippen LogP contribution in [-0.4, -0.2) is 9.97 Å². The summed E-state index contributed by atoms with van der Waals surface area (Å²) in [6.07, 6.45) is 6.60. The number of rotatable bonds is 2. The van der Waals surface area contributed by atoms with E-state index in [1.54, 1.807) is 25.4 Å². The molecule has 2 aromatic carbocycles. The monoisotopic (exact) mass is 1100 g/mol. The van der Waals surface area contributed by atoms with Gasteiger partial charge in [-0.15, -0.1) is 6.42 Å². The minimum atomic E-state index is -0.268. The van der Waals surface area contributed by atoms with Crippen molar-refractivity contribution in [2.45, 2.75) is 13.5 Å². The lowest BCUT2D eigenvalue weighted by Gasteiger charge is -2.06. The van der Waals surface area contributed by atoms with Crippen molar-refractivity contribution < 1.29 is 4.39 Å². The number of hydrogen-bond donors (Lipinski definition) is 2. The number of fused-ring (bicyclic) bond motifs is 1. The van der Waals surface area contributed by atoms with E-state index in [0.29, 0.717) is 5.56 Å². The second kappa shape index (κ2) is 53.8. The van der Waals surface area contributed by atoms with Gasteiger partial charge < -0.3 is 10.7 Å². The minimum Gasteiger partial charge on any atom is -0.345 e. The molecular weight excluding hydrogens is 1080 g/mol. The average Bonchev–Trinajstić information content (AvgIpc) is 2.47. The van der Waals surface area contributed by atoms with Gasteiger partial charge in [-0.1, -0.05) is 24.1 Å². The maximum atomic E-state index is 13.4. The Labute approximate surface area is 521 Å². The summed E-state index contributed by atoms with van der Waals surface area (Å²) < 4.78 is 13.4. The van der Waals surface area contributed by atoms with Crippen LogP contribution in [0.1, 0.15) is 12.5 Å². The standard InChI is InChI=1S/C71H4.C14H12FN3/c1-3-5-7-9-11-13-15-17-19-21-23-25-27-29-31-33-35-37-39-41-43-45-47-49-51-53-55-57-59-61-63-65-67-69-71-70-68-66-64-62-60-58-56-54-52-50-48-46-44-42-40-38-36-34-32-30-28-26-24-22-20-18-16-14-12-10-8-6-4-2;15-12-5-4-9(6-10(12)7-16)11-2-1-3-13-14(11)18-8-17-13/h1H,2H3;1-6,8H,7,16H2,(H,17,18). The van der Waals surface area contributed by atoms with E-state index in [0.717, 1.165) is 22.2 Å². The van der Waals surface area contributed by atoms with E-state index in [1.807, 2.05) is 18.2 Å². The van der Waals surface area contributed by atoms with E-state index in [4.69, 9.17) is 12.2 Å². The van der Waals surface area contributed by atoms with Crippen LogP contribution in [0.2, 0.25) is 0 Å². The van der Waals surface area contributed by atoms with E-state index in [2.05, 4.69) is 418 Å². The van der Waals surface area contributed by atoms with Crippen molar-refractivity contribution in [1.82, 2.24) is 9.97 Å². The number of nitrogens with one attached hydrogen (secondary N) is 1. The number of aromatic nitrogens is 2. The Balaban J connectivity index is 0.00000125. The summed E-state index contributed by atoms with van der Waals surface area (Å²) in [5, 5.41) is 0. The highest BCUT2D eigenvalue weighted by Gasteiger charge is 2.08. The summed E-state index contributed by atoms with van der Waals surface area (Å²) in [5.41, 5.74) is 9.79. The highest BCUT2D eigenvalue weighted by atomic mass is 19.1. The SMILES string of the molecule is C#CC#CC#CC#CC#CC#CC#CC#CC#CC#CC#CC#CC#CC#CC#CC#CC#CC#CC#CC#CC#CC#CC#CC#CC#CC#CC#CC#CC#CC#CC#CC#CC#CC#CC#CC.NCc1cc(-c2cccc3[nH]cnc23)ccc1F. The van der Waals surface area contributed by atoms with Gasteiger partial charge in [0.25, 0.3) is 0 Å². The number of hydrogen-bond acceptors (Lipinski definition) is 2. The largest absolute Gasteiger partial charge is 0.345 e. The molecule has 0 fully saturated rings. The molecule has 0 aliphatic heterocycles. The van der Waals surface area contributed by atoms with Crippen molar-refractivity contribution in [1.29, 1.82) is 0 Å². The van der Waals surface area contributed by atoms with E-state index >= 15 is 0 Å². The van der Waals surface area contributed by atoms with Gasteiger partial charge in [-0.2, -0.15) is 0 Å². The molecule has 378 valence electrons. The van der Waals surface area contributed by atoms with Crippen molar-refractivity contribution in [3.63, 3.8) is 0 Å². The van der Waals surface area contributed by atoms with Crippen molar-refractivity contribution in [3.8, 4) is 426 Å². The normalized spacial score (nSPS) is 5.37. The van der Waals surface area contributed by atoms with Gasteiger partial charge in [0, 0.05) is 326 Å². The number of imidazole rings is 1. The Morgan fingerprint density at radius 1 is 0.337 bits per heavy atom. The molecule has 89 heavy (non-hydrogen) atoms. The molecule has 0 atom stereocenters. The van der Waals surface area contributed by atoms with Crippen LogP contribution in [0.5, 0.6) is 0 Å². The van der Waals surface area contributed by atoms with Crippen LogP contribution < -0.4 is 5.73 Å². The van der Waals surface area contributed by atoms with Crippen LogP contribution in [0.15, 0.2) is 42.7 Å². The molecule has 0 saturated carbocycles. The Bertz CT molecular complexity index is 5870. The van der Waals surface area contributed by atoms with E-state index in [-0.39, 0.29) is 12.4 Å². The molecule has 3 N–H and O–H groups in total. The molecule has 1 aromatic heterocycles. The van der Waals surface area contributed by atoms with Crippen LogP contribution >= 0.6 is 0 Å². The summed E-state index contributed by atoms with van der Waals surface area (Å²) >= 11 is 0. The number of H-pyrrole nitrogens is 1. The molecule has 0 aliphatic rings. The van der Waals surface area contributed by atoms with Gasteiger partial charge in [-0.25, -0.2) is 9.37 Å². The van der Waals surface area contributed by atoms with E-state index in [1.165, 1.54) is 6.07 Å². The number of nitrogens with zero attached hydrogens (tertiary/aromatic N) is 1. The molecule has 3 nitrogen and oxygen atoms in total. The third-order valence-electron chi connectivity index (χ3n) is 7.35. The summed E-state index contributed by atoms with van der Waals surface area (Å²) in [6, 6.07) is 10.8. The molecule has 0 radical (unpaired) electrons. The second-order valence-corrected chi connectivity index (χ2v) is 12.9. The van der Waals surface area contributed by atoms with Crippen LogP contribution in [0.3, 0.4) is 0 Å². The molecule has 0 spiro atoms.